The first-order valence-electron chi connectivity index (χ1n) is 13.1. The van der Waals surface area contributed by atoms with Crippen molar-refractivity contribution in [2.24, 2.45) is 0 Å². The zero-order valence-electron chi connectivity index (χ0n) is 23.9. The predicted molar refractivity (Wildman–Crippen MR) is 154 cm³/mol. The van der Waals surface area contributed by atoms with Gasteiger partial charge < -0.3 is 34.7 Å². The first-order chi connectivity index (χ1) is 20.4. The minimum absolute atomic E-state index is 0.0174. The molecular formula is C29H31F3N6O5. The van der Waals surface area contributed by atoms with Gasteiger partial charge in [0.05, 0.1) is 38.0 Å². The topological polar surface area (TPSA) is 133 Å². The Balaban J connectivity index is 0.000000541. The number of aromatic nitrogens is 3. The largest absolute Gasteiger partial charge is 0.496 e. The van der Waals surface area contributed by atoms with Crippen molar-refractivity contribution in [3.05, 3.63) is 60.4 Å². The number of likely N-dealkylation sites (N-methyl/N-ethyl adjacent to an activating group) is 2. The molecule has 43 heavy (non-hydrogen) atoms. The Labute approximate surface area is 245 Å². The summed E-state index contributed by atoms with van der Waals surface area (Å²) in [7, 11) is 7.19. The Morgan fingerprint density at radius 3 is 2.47 bits per heavy atom. The lowest BCUT2D eigenvalue weighted by atomic mass is 10.1. The molecule has 1 fully saturated rings. The number of carbonyl (C=O) groups is 2. The highest BCUT2D eigenvalue weighted by Crippen LogP contribution is 2.32. The van der Waals surface area contributed by atoms with E-state index in [9.17, 15) is 18.0 Å². The van der Waals surface area contributed by atoms with Gasteiger partial charge in [0.2, 0.25) is 0 Å². The van der Waals surface area contributed by atoms with E-state index in [-0.39, 0.29) is 11.9 Å². The van der Waals surface area contributed by atoms with E-state index in [2.05, 4.69) is 27.2 Å². The molecule has 1 unspecified atom stereocenters. The van der Waals surface area contributed by atoms with Crippen LogP contribution < -0.4 is 14.8 Å². The van der Waals surface area contributed by atoms with Crippen LogP contribution >= 0.6 is 0 Å². The van der Waals surface area contributed by atoms with Gasteiger partial charge in [0, 0.05) is 36.1 Å². The standard InChI is InChI=1S/C27H30N6O3.C2HF3O2/c1-32-11-10-18(16-32)33(2)27(34)17-8-9-21(25(12-17)36-4)30-26-15-28-14-23(31-26)22-13-19-20(29-22)6-5-7-24(19)35-3;3-2(4,5)1(6)7/h5-9,12-15,18,29H,10-11,16H2,1-4H3,(H,30,31);(H,6,7). The van der Waals surface area contributed by atoms with Crippen LogP contribution in [0.1, 0.15) is 16.8 Å². The number of fused-ring (bicyclic) bond motifs is 1. The number of carboxylic acid groups (broad SMARTS) is 1. The van der Waals surface area contributed by atoms with Crippen LogP contribution in [0.2, 0.25) is 0 Å². The van der Waals surface area contributed by atoms with Crippen LogP contribution in [0.5, 0.6) is 11.5 Å². The molecule has 2 aromatic heterocycles. The fraction of sp³-hybridized carbons (Fsp3) is 0.310. The number of carbonyl (C=O) groups excluding carboxylic acids is 1. The molecule has 1 aliphatic heterocycles. The summed E-state index contributed by atoms with van der Waals surface area (Å²) in [6.45, 7) is 1.89. The summed E-state index contributed by atoms with van der Waals surface area (Å²) in [5.74, 6) is -0.868. The third-order valence-electron chi connectivity index (χ3n) is 6.94. The van der Waals surface area contributed by atoms with Gasteiger partial charge in [-0.1, -0.05) is 6.07 Å². The molecule has 0 spiro atoms. The summed E-state index contributed by atoms with van der Waals surface area (Å²) >= 11 is 0. The van der Waals surface area contributed by atoms with Gasteiger partial charge in [0.15, 0.2) is 0 Å². The Morgan fingerprint density at radius 2 is 1.84 bits per heavy atom. The number of hydrogen-bond donors (Lipinski definition) is 3. The molecule has 0 radical (unpaired) electrons. The first kappa shape index (κ1) is 31.1. The van der Waals surface area contributed by atoms with Crippen molar-refractivity contribution in [3.8, 4) is 22.9 Å². The summed E-state index contributed by atoms with van der Waals surface area (Å²) in [6, 6.07) is 13.5. The molecule has 1 aliphatic rings. The van der Waals surface area contributed by atoms with Crippen molar-refractivity contribution in [2.75, 3.05) is 46.7 Å². The number of methoxy groups -OCH3 is 2. The number of H-pyrrole nitrogens is 1. The van der Waals surface area contributed by atoms with Gasteiger partial charge >= 0.3 is 12.1 Å². The zero-order valence-corrected chi connectivity index (χ0v) is 23.9. The summed E-state index contributed by atoms with van der Waals surface area (Å²) in [4.78, 5) is 38.5. The second-order valence-corrected chi connectivity index (χ2v) is 9.86. The van der Waals surface area contributed by atoms with Crippen molar-refractivity contribution in [1.82, 2.24) is 24.8 Å². The molecule has 0 saturated carbocycles. The van der Waals surface area contributed by atoms with Crippen molar-refractivity contribution in [2.45, 2.75) is 18.6 Å². The Morgan fingerprint density at radius 1 is 1.12 bits per heavy atom. The maximum atomic E-state index is 13.1. The Kier molecular flexibility index (Phi) is 9.39. The van der Waals surface area contributed by atoms with E-state index in [1.54, 1.807) is 32.7 Å². The van der Waals surface area contributed by atoms with Crippen LogP contribution in [0.25, 0.3) is 22.3 Å². The molecule has 1 atom stereocenters. The van der Waals surface area contributed by atoms with E-state index in [1.165, 1.54) is 0 Å². The molecule has 3 N–H and O–H groups in total. The highest BCUT2D eigenvalue weighted by Gasteiger charge is 2.38. The van der Waals surface area contributed by atoms with E-state index in [0.29, 0.717) is 28.5 Å². The SMILES string of the molecule is COc1cc(C(=O)N(C)C2CCN(C)C2)ccc1Nc1cncc(-c2cc3c(OC)cccc3[nH]2)n1.O=C(O)C(F)(F)F. The van der Waals surface area contributed by atoms with Gasteiger partial charge in [0.1, 0.15) is 23.0 Å². The van der Waals surface area contributed by atoms with Crippen molar-refractivity contribution in [3.63, 3.8) is 0 Å². The maximum absolute atomic E-state index is 13.1. The summed E-state index contributed by atoms with van der Waals surface area (Å²) in [6.07, 6.45) is -0.749. The average molecular weight is 601 g/mol. The number of nitrogens with zero attached hydrogens (tertiary/aromatic N) is 4. The van der Waals surface area contributed by atoms with Crippen LogP contribution in [-0.2, 0) is 4.79 Å². The normalized spacial score (nSPS) is 15.0. The molecular weight excluding hydrogens is 569 g/mol. The molecule has 2 aromatic carbocycles. The Bertz CT molecular complexity index is 1610. The van der Waals surface area contributed by atoms with Crippen molar-refractivity contribution < 1.29 is 37.3 Å². The number of aliphatic carboxylic acids is 1. The fourth-order valence-corrected chi connectivity index (χ4v) is 4.66. The minimum Gasteiger partial charge on any atom is -0.496 e. The number of ether oxygens (including phenoxy) is 2. The van der Waals surface area contributed by atoms with E-state index in [4.69, 9.17) is 24.4 Å². The number of rotatable bonds is 7. The van der Waals surface area contributed by atoms with Gasteiger partial charge in [-0.15, -0.1) is 0 Å². The number of carboxylic acids is 1. The molecule has 1 amide bonds. The third kappa shape index (κ3) is 7.33. The second kappa shape index (κ2) is 13.0. The highest BCUT2D eigenvalue weighted by atomic mass is 19.4. The van der Waals surface area contributed by atoms with Gasteiger partial charge in [-0.25, -0.2) is 9.78 Å². The van der Waals surface area contributed by atoms with Crippen LogP contribution in [0.3, 0.4) is 0 Å². The smallest absolute Gasteiger partial charge is 0.490 e. The maximum Gasteiger partial charge on any atom is 0.490 e. The lowest BCUT2D eigenvalue weighted by molar-refractivity contribution is -0.192. The van der Waals surface area contributed by atoms with Crippen molar-refractivity contribution in [1.29, 1.82) is 0 Å². The highest BCUT2D eigenvalue weighted by molar-refractivity contribution is 5.95. The van der Waals surface area contributed by atoms with E-state index < -0.39 is 12.1 Å². The molecule has 0 bridgehead atoms. The Hall–Kier alpha value is -4.85. The number of amides is 1. The first-order valence-corrected chi connectivity index (χ1v) is 13.1. The van der Waals surface area contributed by atoms with Gasteiger partial charge in [0.25, 0.3) is 5.91 Å². The van der Waals surface area contributed by atoms with Crippen LogP contribution in [0, 0.1) is 0 Å². The van der Waals surface area contributed by atoms with Crippen molar-refractivity contribution >= 4 is 34.3 Å². The fourth-order valence-electron chi connectivity index (χ4n) is 4.66. The van der Waals surface area contributed by atoms with E-state index in [1.807, 2.05) is 48.3 Å². The predicted octanol–water partition coefficient (Wildman–Crippen LogP) is 4.80. The molecule has 14 heteroatoms. The summed E-state index contributed by atoms with van der Waals surface area (Å²) in [5, 5.41) is 11.4. The van der Waals surface area contributed by atoms with Crippen LogP contribution in [0.4, 0.5) is 24.7 Å². The average Bonchev–Trinajstić information content (AvgIpc) is 3.63. The number of nitrogens with one attached hydrogen (secondary N) is 2. The molecule has 228 valence electrons. The molecule has 11 nitrogen and oxygen atoms in total. The monoisotopic (exact) mass is 600 g/mol. The quantitative estimate of drug-likeness (QED) is 0.274. The van der Waals surface area contributed by atoms with Crippen LogP contribution in [0.15, 0.2) is 54.9 Å². The molecule has 1 saturated heterocycles. The van der Waals surface area contributed by atoms with E-state index in [0.717, 1.165) is 41.9 Å². The van der Waals surface area contributed by atoms with Gasteiger partial charge in [-0.05, 0) is 56.4 Å². The number of hydrogen-bond acceptors (Lipinski definition) is 8. The number of halogens is 3. The number of anilines is 2. The minimum atomic E-state index is -5.08. The molecule has 3 heterocycles. The number of aromatic amines is 1. The second-order valence-electron chi connectivity index (χ2n) is 9.86. The summed E-state index contributed by atoms with van der Waals surface area (Å²) < 4.78 is 42.8. The number of alkyl halides is 3. The van der Waals surface area contributed by atoms with E-state index >= 15 is 0 Å². The molecule has 0 aliphatic carbocycles. The summed E-state index contributed by atoms with van der Waals surface area (Å²) in [5.41, 5.74) is 3.76. The molecule has 4 aromatic rings. The molecule has 5 rings (SSSR count). The van der Waals surface area contributed by atoms with Gasteiger partial charge in [-0.2, -0.15) is 13.2 Å². The number of benzene rings is 2. The van der Waals surface area contributed by atoms with Crippen LogP contribution in [-0.4, -0.2) is 95.4 Å². The lowest BCUT2D eigenvalue weighted by Gasteiger charge is -2.25. The zero-order chi connectivity index (χ0) is 31.3. The third-order valence-corrected chi connectivity index (χ3v) is 6.94. The lowest BCUT2D eigenvalue weighted by Crippen LogP contribution is -2.38. The van der Waals surface area contributed by atoms with Gasteiger partial charge in [-0.3, -0.25) is 9.78 Å². The number of likely N-dealkylation sites (tertiary alicyclic amines) is 1.